The van der Waals surface area contributed by atoms with Gasteiger partial charge in [0.2, 0.25) is 0 Å². The maximum absolute atomic E-state index is 6.61. The van der Waals surface area contributed by atoms with E-state index in [-0.39, 0.29) is 22.4 Å². The third kappa shape index (κ3) is 11.9. The number of thiophene rings is 2. The highest BCUT2D eigenvalue weighted by atomic mass is 35.5. The average molecular weight is 1240 g/mol. The van der Waals surface area contributed by atoms with Crippen LogP contribution in [0.2, 0.25) is 5.02 Å². The average Bonchev–Trinajstić information content (AvgIpc) is 1.64. The molecule has 2 aromatic heterocycles. The Kier molecular flexibility index (Phi) is 16.4. The molecule has 0 saturated carbocycles. The van der Waals surface area contributed by atoms with Crippen molar-refractivity contribution in [2.45, 2.75) is 117 Å². The molecule has 450 valence electrons. The second-order valence-corrected chi connectivity index (χ2v) is 29.4. The van der Waals surface area contributed by atoms with Gasteiger partial charge in [-0.25, -0.2) is 0 Å². The molecule has 10 aromatic carbocycles. The summed E-state index contributed by atoms with van der Waals surface area (Å²) in [5, 5.41) is 5.98. The Labute approximate surface area is 544 Å². The van der Waals surface area contributed by atoms with Crippen LogP contribution < -0.4 is 5.46 Å². The van der Waals surface area contributed by atoms with E-state index in [2.05, 4.69) is 246 Å². The standard InChI is InChI=1S/C36H31BO2S.C30H19ClS.C12H24B2O4/c1-35(2)36(3,4)39-37(38-35)29-22-27(26-19-17-25(18-20-26)24-11-6-5-7-12-24)21-28(23-29)30-14-10-15-32-31-13-8-9-16-33(31)40-34(30)32;31-25-18-23(22-15-13-21(14-16-22)20-7-2-1-3-8-20)17-24(19-25)26-10-6-11-28-27-9-4-5-12-29(27)32-30(26)28;1-9(2)10(3,4)16-13(15-9)14-17-11(5,6)12(7,8)18-14/h5-23H,1-4H3;1-19H;1-8H3. The highest BCUT2D eigenvalue weighted by molar-refractivity contribution is 7.26. The van der Waals surface area contributed by atoms with E-state index in [1.54, 1.807) is 0 Å². The molecule has 3 aliphatic rings. The molecule has 0 amide bonds. The van der Waals surface area contributed by atoms with Gasteiger partial charge in [0.25, 0.3) is 0 Å². The maximum Gasteiger partial charge on any atom is 0.494 e. The first-order chi connectivity index (χ1) is 42.9. The number of halogens is 1. The van der Waals surface area contributed by atoms with Crippen LogP contribution in [0, 0.1) is 0 Å². The van der Waals surface area contributed by atoms with Crippen LogP contribution in [0.25, 0.3) is 107 Å². The number of hydrogen-bond acceptors (Lipinski definition) is 8. The lowest BCUT2D eigenvalue weighted by atomic mass is 9.49. The van der Waals surface area contributed by atoms with Crippen LogP contribution in [0.3, 0.4) is 0 Å². The van der Waals surface area contributed by atoms with Crippen molar-refractivity contribution in [3.63, 3.8) is 0 Å². The normalized spacial score (nSPS) is 17.6. The van der Waals surface area contributed by atoms with Gasteiger partial charge < -0.3 is 27.9 Å². The summed E-state index contributed by atoms with van der Waals surface area (Å²) in [7, 11) is -1.39. The zero-order valence-electron chi connectivity index (χ0n) is 53.3. The fourth-order valence-corrected chi connectivity index (χ4v) is 14.6. The van der Waals surface area contributed by atoms with Crippen molar-refractivity contribution in [2.75, 3.05) is 0 Å². The van der Waals surface area contributed by atoms with Crippen LogP contribution >= 0.6 is 34.3 Å². The maximum atomic E-state index is 6.61. The fraction of sp³-hybridized carbons (Fsp3) is 0.231. The molecule has 12 aromatic rings. The molecule has 12 heteroatoms. The van der Waals surface area contributed by atoms with Crippen molar-refractivity contribution >= 4 is 101 Å². The Morgan fingerprint density at radius 2 is 0.578 bits per heavy atom. The predicted molar refractivity (Wildman–Crippen MR) is 384 cm³/mol. The Bertz CT molecular complexity index is 4510. The molecule has 0 N–H and O–H groups in total. The molecule has 6 nitrogen and oxygen atoms in total. The molecule has 3 fully saturated rings. The smallest absolute Gasteiger partial charge is 0.405 e. The first-order valence-corrected chi connectivity index (χ1v) is 33.1. The summed E-state index contributed by atoms with van der Waals surface area (Å²) in [4.78, 5) is 0. The first kappa shape index (κ1) is 61.7. The lowest BCUT2D eigenvalue weighted by molar-refractivity contribution is 0.00578. The van der Waals surface area contributed by atoms with Crippen molar-refractivity contribution in [1.29, 1.82) is 0 Å². The van der Waals surface area contributed by atoms with Crippen LogP contribution in [0.1, 0.15) is 83.1 Å². The summed E-state index contributed by atoms with van der Waals surface area (Å²) < 4.78 is 42.1. The zero-order valence-corrected chi connectivity index (χ0v) is 55.7. The monoisotopic (exact) mass is 1240 g/mol. The summed E-state index contributed by atoms with van der Waals surface area (Å²) >= 11 is 10.3. The zero-order chi connectivity index (χ0) is 63.0. The Morgan fingerprint density at radius 3 is 0.989 bits per heavy atom. The molecule has 0 bridgehead atoms. The molecular weight excluding hydrogens is 1160 g/mol. The van der Waals surface area contributed by atoms with E-state index in [0.717, 1.165) is 32.7 Å². The molecule has 0 aliphatic carbocycles. The first-order valence-electron chi connectivity index (χ1n) is 31.1. The van der Waals surface area contributed by atoms with E-state index in [9.17, 15) is 0 Å². The van der Waals surface area contributed by atoms with E-state index in [4.69, 9.17) is 39.5 Å². The highest BCUT2D eigenvalue weighted by Crippen LogP contribution is 2.46. The van der Waals surface area contributed by atoms with Gasteiger partial charge in [-0.2, -0.15) is 0 Å². The number of fused-ring (bicyclic) bond motifs is 6. The van der Waals surface area contributed by atoms with Gasteiger partial charge in [0.05, 0.1) is 33.6 Å². The Hall–Kier alpha value is -7.12. The van der Waals surface area contributed by atoms with Gasteiger partial charge in [-0.05, 0) is 192 Å². The molecule has 0 spiro atoms. The molecular formula is C78H74B3ClO6S2. The van der Waals surface area contributed by atoms with Gasteiger partial charge in [-0.1, -0.05) is 206 Å². The Morgan fingerprint density at radius 1 is 0.278 bits per heavy atom. The summed E-state index contributed by atoms with van der Waals surface area (Å²) in [5.41, 5.74) is 13.1. The molecule has 3 saturated heterocycles. The van der Waals surface area contributed by atoms with Crippen LogP contribution in [-0.2, 0) is 27.9 Å². The largest absolute Gasteiger partial charge is 0.494 e. The van der Waals surface area contributed by atoms with Crippen LogP contribution in [0.4, 0.5) is 0 Å². The van der Waals surface area contributed by atoms with Crippen LogP contribution in [0.15, 0.2) is 231 Å². The molecule has 0 radical (unpaired) electrons. The van der Waals surface area contributed by atoms with Gasteiger partial charge in [0.1, 0.15) is 0 Å². The van der Waals surface area contributed by atoms with E-state index < -0.39 is 32.3 Å². The van der Waals surface area contributed by atoms with E-state index in [1.807, 2.05) is 90.2 Å². The topological polar surface area (TPSA) is 55.4 Å². The van der Waals surface area contributed by atoms with Gasteiger partial charge >= 0.3 is 21.1 Å². The van der Waals surface area contributed by atoms with E-state index >= 15 is 0 Å². The van der Waals surface area contributed by atoms with Crippen LogP contribution in [0.5, 0.6) is 0 Å². The second-order valence-electron chi connectivity index (χ2n) is 26.9. The lowest BCUT2D eigenvalue weighted by Crippen LogP contribution is -2.41. The van der Waals surface area contributed by atoms with Crippen molar-refractivity contribution in [1.82, 2.24) is 0 Å². The van der Waals surface area contributed by atoms with Gasteiger partial charge in [-0.15, -0.1) is 22.7 Å². The minimum absolute atomic E-state index is 0.360. The molecule has 3 aliphatic heterocycles. The van der Waals surface area contributed by atoms with Crippen molar-refractivity contribution < 1.29 is 27.9 Å². The minimum atomic E-state index is -0.476. The van der Waals surface area contributed by atoms with E-state index in [0.29, 0.717) is 0 Å². The van der Waals surface area contributed by atoms with Gasteiger partial charge in [0.15, 0.2) is 0 Å². The summed E-state index contributed by atoms with van der Waals surface area (Å²) in [6.45, 7) is 24.6. The third-order valence-corrected chi connectivity index (χ3v) is 21.9. The number of rotatable bonds is 8. The molecule has 15 rings (SSSR count). The van der Waals surface area contributed by atoms with Crippen LogP contribution in [-0.4, -0.2) is 54.7 Å². The van der Waals surface area contributed by atoms with Crippen molar-refractivity contribution in [3.05, 3.63) is 236 Å². The quantitative estimate of drug-likeness (QED) is 0.141. The fourth-order valence-electron chi connectivity index (χ4n) is 11.9. The predicted octanol–water partition coefficient (Wildman–Crippen LogP) is 21.3. The number of hydrogen-bond donors (Lipinski definition) is 0. The molecule has 90 heavy (non-hydrogen) atoms. The van der Waals surface area contributed by atoms with Gasteiger partial charge in [0, 0.05) is 45.4 Å². The summed E-state index contributed by atoms with van der Waals surface area (Å²) in [6, 6.07) is 82.2. The second kappa shape index (κ2) is 23.8. The van der Waals surface area contributed by atoms with E-state index in [1.165, 1.54) is 84.9 Å². The number of benzene rings is 10. The SMILES string of the molecule is CC1(C)OB(B2OC(C)(C)C(C)(C)O2)OC1(C)C.CC1(C)OB(c2cc(-c3ccc(-c4ccccc4)cc3)cc(-c3cccc4c3sc3ccccc34)c2)OC1(C)C.Clc1cc(-c2ccc(-c3ccccc3)cc2)cc(-c2cccc3c2sc2ccccc23)c1. The molecule has 5 heterocycles. The van der Waals surface area contributed by atoms with Crippen molar-refractivity contribution in [2.24, 2.45) is 0 Å². The lowest BCUT2D eigenvalue weighted by Gasteiger charge is -2.32. The highest BCUT2D eigenvalue weighted by Gasteiger charge is 2.64. The summed E-state index contributed by atoms with van der Waals surface area (Å²) in [5.74, 6) is 0. The van der Waals surface area contributed by atoms with Crippen molar-refractivity contribution in [3.8, 4) is 66.8 Å². The van der Waals surface area contributed by atoms with Gasteiger partial charge in [-0.3, -0.25) is 0 Å². The Balaban J connectivity index is 0.000000133. The third-order valence-electron chi connectivity index (χ3n) is 19.2. The summed E-state index contributed by atoms with van der Waals surface area (Å²) in [6.07, 6.45) is 0. The molecule has 0 atom stereocenters. The molecule has 0 unspecified atom stereocenters. The minimum Gasteiger partial charge on any atom is -0.405 e.